The Balaban J connectivity index is 1.30. The van der Waals surface area contributed by atoms with Crippen molar-refractivity contribution in [3.63, 3.8) is 0 Å². The number of carbonyl (C=O) groups excluding carboxylic acids is 2. The van der Waals surface area contributed by atoms with Gasteiger partial charge >= 0.3 is 12.1 Å². The summed E-state index contributed by atoms with van der Waals surface area (Å²) >= 11 is 0. The number of aromatic nitrogens is 3. The minimum atomic E-state index is -0.431. The van der Waals surface area contributed by atoms with Gasteiger partial charge in [0.25, 0.3) is 0 Å². The Morgan fingerprint density at radius 2 is 1.95 bits per heavy atom. The zero-order chi connectivity index (χ0) is 26.4. The van der Waals surface area contributed by atoms with E-state index in [9.17, 15) is 9.59 Å². The van der Waals surface area contributed by atoms with E-state index in [0.29, 0.717) is 29.5 Å². The van der Waals surface area contributed by atoms with Crippen LogP contribution in [-0.4, -0.2) is 66.1 Å². The lowest BCUT2D eigenvalue weighted by molar-refractivity contribution is 0.0600. The van der Waals surface area contributed by atoms with Crippen molar-refractivity contribution >= 4 is 39.7 Å². The molecule has 2 aliphatic rings. The van der Waals surface area contributed by atoms with Gasteiger partial charge in [-0.1, -0.05) is 12.1 Å². The summed E-state index contributed by atoms with van der Waals surface area (Å²) in [5.41, 5.74) is 5.21. The zero-order valence-electron chi connectivity index (χ0n) is 21.8. The number of para-hydroxylation sites is 1. The van der Waals surface area contributed by atoms with E-state index in [2.05, 4.69) is 39.0 Å². The average Bonchev–Trinajstić information content (AvgIpc) is 3.58. The highest BCUT2D eigenvalue weighted by Gasteiger charge is 2.26. The second-order valence-corrected chi connectivity index (χ2v) is 9.82. The van der Waals surface area contributed by atoms with Gasteiger partial charge < -0.3 is 33.6 Å². The van der Waals surface area contributed by atoms with Crippen molar-refractivity contribution in [2.75, 3.05) is 38.8 Å². The Morgan fingerprint density at radius 1 is 1.11 bits per heavy atom. The SMILES string of the molecule is COC(=O)c1cc(OC)c2c(c1)nc(-c1cc3cccc4c3n1CCN4CCCOC(=O)NC1CC1)n2C. The number of alkyl carbamates (subject to hydrolysis) is 1. The van der Waals surface area contributed by atoms with Crippen LogP contribution >= 0.6 is 0 Å². The summed E-state index contributed by atoms with van der Waals surface area (Å²) in [6.07, 6.45) is 2.54. The van der Waals surface area contributed by atoms with Crippen LogP contribution in [0.15, 0.2) is 36.4 Å². The van der Waals surface area contributed by atoms with Gasteiger partial charge in [0.05, 0.1) is 48.8 Å². The number of esters is 1. The number of imidazole rings is 1. The lowest BCUT2D eigenvalue weighted by atomic mass is 10.1. The van der Waals surface area contributed by atoms with Gasteiger partial charge in [-0.05, 0) is 43.5 Å². The number of hydrogen-bond donors (Lipinski definition) is 1. The van der Waals surface area contributed by atoms with Gasteiger partial charge in [-0.15, -0.1) is 0 Å². The van der Waals surface area contributed by atoms with Crippen LogP contribution in [-0.2, 0) is 23.1 Å². The molecule has 0 saturated heterocycles. The summed E-state index contributed by atoms with van der Waals surface area (Å²) in [5.74, 6) is 0.935. The number of nitrogens with one attached hydrogen (secondary N) is 1. The van der Waals surface area contributed by atoms with Crippen LogP contribution in [0.3, 0.4) is 0 Å². The second kappa shape index (κ2) is 9.59. The fourth-order valence-corrected chi connectivity index (χ4v) is 5.34. The van der Waals surface area contributed by atoms with E-state index in [1.165, 1.54) is 7.11 Å². The monoisotopic (exact) mass is 517 g/mol. The van der Waals surface area contributed by atoms with E-state index in [0.717, 1.165) is 72.5 Å². The number of nitrogens with zero attached hydrogens (tertiary/aromatic N) is 4. The predicted octanol–water partition coefficient (Wildman–Crippen LogP) is 4.09. The van der Waals surface area contributed by atoms with Gasteiger partial charge in [-0.2, -0.15) is 0 Å². The third-order valence-corrected chi connectivity index (χ3v) is 7.34. The molecule has 0 radical (unpaired) electrons. The Labute approximate surface area is 220 Å². The molecule has 1 aliphatic heterocycles. The molecule has 1 fully saturated rings. The standard InChI is InChI=1S/C28H31N5O5/c1-31-25-20(14-18(27(34)37-3)16-23(25)36-2)30-26(31)22-15-17-6-4-7-21-24(17)33(22)12-11-32(21)10-5-13-38-28(35)29-19-8-9-19/h4,6-7,14-16,19H,5,8-13H2,1-3H3,(H,29,35). The average molecular weight is 518 g/mol. The van der Waals surface area contributed by atoms with E-state index >= 15 is 0 Å². The number of aryl methyl sites for hydroxylation is 1. The number of ether oxygens (including phenoxy) is 3. The topological polar surface area (TPSA) is 99.9 Å². The molecule has 1 amide bonds. The molecule has 6 rings (SSSR count). The van der Waals surface area contributed by atoms with Crippen LogP contribution in [0.5, 0.6) is 5.75 Å². The van der Waals surface area contributed by atoms with Gasteiger partial charge in [0.1, 0.15) is 11.3 Å². The lowest BCUT2D eigenvalue weighted by Gasteiger charge is -2.31. The fraction of sp³-hybridized carbons (Fsp3) is 0.393. The number of hydrogen-bond acceptors (Lipinski definition) is 7. The minimum Gasteiger partial charge on any atom is -0.494 e. The maximum atomic E-state index is 12.2. The van der Waals surface area contributed by atoms with Gasteiger partial charge in [0.15, 0.2) is 5.82 Å². The van der Waals surface area contributed by atoms with Crippen LogP contribution in [0.1, 0.15) is 29.6 Å². The molecule has 10 nitrogen and oxygen atoms in total. The molecule has 2 aromatic carbocycles. The van der Waals surface area contributed by atoms with E-state index in [4.69, 9.17) is 19.2 Å². The molecule has 0 atom stereocenters. The maximum Gasteiger partial charge on any atom is 0.407 e. The van der Waals surface area contributed by atoms with Gasteiger partial charge in [0, 0.05) is 38.1 Å². The molecule has 0 unspecified atom stereocenters. The highest BCUT2D eigenvalue weighted by Crippen LogP contribution is 2.38. The number of methoxy groups -OCH3 is 2. The van der Waals surface area contributed by atoms with E-state index in [1.807, 2.05) is 11.6 Å². The van der Waals surface area contributed by atoms with Crippen LogP contribution < -0.4 is 15.0 Å². The van der Waals surface area contributed by atoms with Crippen molar-refractivity contribution in [1.82, 2.24) is 19.4 Å². The molecular weight excluding hydrogens is 486 g/mol. The molecule has 198 valence electrons. The lowest BCUT2D eigenvalue weighted by Crippen LogP contribution is -2.33. The van der Waals surface area contributed by atoms with Crippen LogP contribution in [0.2, 0.25) is 0 Å². The van der Waals surface area contributed by atoms with Crippen molar-refractivity contribution < 1.29 is 23.8 Å². The first-order chi connectivity index (χ1) is 18.5. The third-order valence-electron chi connectivity index (χ3n) is 7.34. The Bertz CT molecular complexity index is 1550. The highest BCUT2D eigenvalue weighted by atomic mass is 16.5. The van der Waals surface area contributed by atoms with E-state index in [1.54, 1.807) is 19.2 Å². The molecule has 38 heavy (non-hydrogen) atoms. The van der Waals surface area contributed by atoms with Crippen molar-refractivity contribution in [3.8, 4) is 17.3 Å². The van der Waals surface area contributed by atoms with Gasteiger partial charge in [0.2, 0.25) is 0 Å². The molecule has 4 aromatic rings. The first-order valence-electron chi connectivity index (χ1n) is 12.9. The number of anilines is 1. The molecule has 0 spiro atoms. The predicted molar refractivity (Wildman–Crippen MR) is 144 cm³/mol. The molecular formula is C28H31N5O5. The Kier molecular flexibility index (Phi) is 6.09. The Morgan fingerprint density at radius 3 is 2.71 bits per heavy atom. The van der Waals surface area contributed by atoms with Gasteiger partial charge in [-0.3, -0.25) is 0 Å². The van der Waals surface area contributed by atoms with Crippen LogP contribution in [0, 0.1) is 0 Å². The van der Waals surface area contributed by atoms with Crippen molar-refractivity contribution in [2.24, 2.45) is 7.05 Å². The molecule has 1 aliphatic carbocycles. The normalized spacial score (nSPS) is 14.7. The van der Waals surface area contributed by atoms with Gasteiger partial charge in [-0.25, -0.2) is 14.6 Å². The quantitative estimate of drug-likeness (QED) is 0.278. The molecule has 2 aromatic heterocycles. The molecule has 10 heteroatoms. The third kappa shape index (κ3) is 4.19. The fourth-order valence-electron chi connectivity index (χ4n) is 5.34. The molecule has 3 heterocycles. The summed E-state index contributed by atoms with van der Waals surface area (Å²) in [5, 5.41) is 3.99. The van der Waals surface area contributed by atoms with Crippen molar-refractivity contribution in [1.29, 1.82) is 0 Å². The number of rotatable bonds is 8. The second-order valence-electron chi connectivity index (χ2n) is 9.82. The number of amides is 1. The van der Waals surface area contributed by atoms with Crippen LogP contribution in [0.4, 0.5) is 10.5 Å². The number of carbonyl (C=O) groups is 2. The maximum absolute atomic E-state index is 12.2. The first-order valence-corrected chi connectivity index (χ1v) is 12.9. The summed E-state index contributed by atoms with van der Waals surface area (Å²) < 4.78 is 20.2. The van der Waals surface area contributed by atoms with E-state index < -0.39 is 5.97 Å². The van der Waals surface area contributed by atoms with Crippen LogP contribution in [0.25, 0.3) is 33.5 Å². The summed E-state index contributed by atoms with van der Waals surface area (Å²) in [4.78, 5) is 31.3. The van der Waals surface area contributed by atoms with E-state index in [-0.39, 0.29) is 6.09 Å². The number of fused-ring (bicyclic) bond motifs is 1. The van der Waals surface area contributed by atoms with Crippen molar-refractivity contribution in [2.45, 2.75) is 31.8 Å². The summed E-state index contributed by atoms with van der Waals surface area (Å²) in [6.45, 7) is 2.83. The molecule has 0 bridgehead atoms. The molecule has 1 saturated carbocycles. The summed E-state index contributed by atoms with van der Waals surface area (Å²) in [6, 6.07) is 12.2. The first kappa shape index (κ1) is 24.1. The highest BCUT2D eigenvalue weighted by molar-refractivity contribution is 5.99. The smallest absolute Gasteiger partial charge is 0.407 e. The summed E-state index contributed by atoms with van der Waals surface area (Å²) in [7, 11) is 4.91. The molecule has 1 N–H and O–H groups in total. The largest absolute Gasteiger partial charge is 0.494 e. The number of benzene rings is 2. The van der Waals surface area contributed by atoms with Crippen molar-refractivity contribution in [3.05, 3.63) is 42.0 Å². The Hall–Kier alpha value is -4.21. The minimum absolute atomic E-state index is 0.302. The zero-order valence-corrected chi connectivity index (χ0v) is 21.8.